The molecule has 2 aromatic carbocycles. The standard InChI is InChI=1S/C21H25N3O2/c25-15-14-23-12-10-17(11-13-23)24-20(16-6-2-1-3-7-16)18-8-4-5-9-19(18)22-21(24)26/h1-9,17,20,25H,10-15H2,(H,22,26). The summed E-state index contributed by atoms with van der Waals surface area (Å²) in [7, 11) is 0. The summed E-state index contributed by atoms with van der Waals surface area (Å²) in [6, 6.07) is 18.5. The molecule has 2 amide bonds. The molecule has 26 heavy (non-hydrogen) atoms. The van der Waals surface area contributed by atoms with Gasteiger partial charge in [0, 0.05) is 36.9 Å². The Bertz CT molecular complexity index is 757. The molecule has 1 atom stereocenters. The van der Waals surface area contributed by atoms with Crippen LogP contribution in [0.5, 0.6) is 0 Å². The van der Waals surface area contributed by atoms with Crippen molar-refractivity contribution in [3.05, 3.63) is 65.7 Å². The number of para-hydroxylation sites is 1. The molecule has 1 saturated heterocycles. The van der Waals surface area contributed by atoms with E-state index >= 15 is 0 Å². The van der Waals surface area contributed by atoms with E-state index in [1.165, 1.54) is 0 Å². The van der Waals surface area contributed by atoms with Gasteiger partial charge in [-0.05, 0) is 24.5 Å². The van der Waals surface area contributed by atoms with Crippen molar-refractivity contribution < 1.29 is 9.90 Å². The van der Waals surface area contributed by atoms with E-state index < -0.39 is 0 Å². The Morgan fingerprint density at radius 1 is 1.00 bits per heavy atom. The minimum atomic E-state index is -0.0597. The lowest BCUT2D eigenvalue weighted by molar-refractivity contribution is 0.0982. The Labute approximate surface area is 154 Å². The van der Waals surface area contributed by atoms with Crippen molar-refractivity contribution in [1.82, 2.24) is 9.80 Å². The number of nitrogens with one attached hydrogen (secondary N) is 1. The van der Waals surface area contributed by atoms with Crippen molar-refractivity contribution in [2.24, 2.45) is 0 Å². The van der Waals surface area contributed by atoms with Gasteiger partial charge in [0.05, 0.1) is 12.6 Å². The summed E-state index contributed by atoms with van der Waals surface area (Å²) in [5.41, 5.74) is 3.20. The summed E-state index contributed by atoms with van der Waals surface area (Å²) in [5, 5.41) is 12.2. The average Bonchev–Trinajstić information content (AvgIpc) is 2.69. The topological polar surface area (TPSA) is 55.8 Å². The Morgan fingerprint density at radius 3 is 2.42 bits per heavy atom. The van der Waals surface area contributed by atoms with Gasteiger partial charge in [0.25, 0.3) is 0 Å². The third kappa shape index (κ3) is 3.20. The van der Waals surface area contributed by atoms with Gasteiger partial charge in [-0.15, -0.1) is 0 Å². The highest BCUT2D eigenvalue weighted by molar-refractivity contribution is 5.93. The van der Waals surface area contributed by atoms with Crippen molar-refractivity contribution in [3.63, 3.8) is 0 Å². The molecular weight excluding hydrogens is 326 g/mol. The number of aliphatic hydroxyl groups excluding tert-OH is 1. The van der Waals surface area contributed by atoms with Gasteiger partial charge in [0.2, 0.25) is 0 Å². The van der Waals surface area contributed by atoms with Crippen LogP contribution in [0.2, 0.25) is 0 Å². The number of urea groups is 1. The van der Waals surface area contributed by atoms with E-state index in [-0.39, 0.29) is 24.7 Å². The van der Waals surface area contributed by atoms with Crippen molar-refractivity contribution in [3.8, 4) is 0 Å². The van der Waals surface area contributed by atoms with Crippen LogP contribution < -0.4 is 5.32 Å². The van der Waals surface area contributed by atoms with Crippen LogP contribution in [0.3, 0.4) is 0 Å². The Morgan fingerprint density at radius 2 is 1.69 bits per heavy atom. The lowest BCUT2D eigenvalue weighted by Gasteiger charge is -2.45. The minimum absolute atomic E-state index is 0.0156. The van der Waals surface area contributed by atoms with Gasteiger partial charge in [-0.1, -0.05) is 48.5 Å². The van der Waals surface area contributed by atoms with Crippen LogP contribution in [-0.2, 0) is 0 Å². The van der Waals surface area contributed by atoms with Crippen LogP contribution in [-0.4, -0.2) is 53.2 Å². The van der Waals surface area contributed by atoms with E-state index in [0.29, 0.717) is 6.54 Å². The number of rotatable bonds is 4. The summed E-state index contributed by atoms with van der Waals surface area (Å²) in [5.74, 6) is 0. The van der Waals surface area contributed by atoms with Gasteiger partial charge in [0.1, 0.15) is 0 Å². The smallest absolute Gasteiger partial charge is 0.322 e. The van der Waals surface area contributed by atoms with Crippen LogP contribution in [0.25, 0.3) is 0 Å². The Hall–Kier alpha value is -2.37. The monoisotopic (exact) mass is 351 g/mol. The molecule has 5 heteroatoms. The molecule has 4 rings (SSSR count). The van der Waals surface area contributed by atoms with Crippen molar-refractivity contribution in [1.29, 1.82) is 0 Å². The predicted octanol–water partition coefficient (Wildman–Crippen LogP) is 3.08. The summed E-state index contributed by atoms with van der Waals surface area (Å²) >= 11 is 0. The zero-order valence-corrected chi connectivity index (χ0v) is 14.8. The number of fused-ring (bicyclic) bond motifs is 1. The number of benzene rings is 2. The molecule has 0 bridgehead atoms. The normalized spacial score (nSPS) is 21.3. The highest BCUT2D eigenvalue weighted by Crippen LogP contribution is 2.40. The zero-order chi connectivity index (χ0) is 17.9. The van der Waals surface area contributed by atoms with Gasteiger partial charge >= 0.3 is 6.03 Å². The van der Waals surface area contributed by atoms with Crippen LogP contribution >= 0.6 is 0 Å². The number of likely N-dealkylation sites (tertiary alicyclic amines) is 1. The second kappa shape index (κ2) is 7.48. The second-order valence-electron chi connectivity index (χ2n) is 7.03. The largest absolute Gasteiger partial charge is 0.395 e. The molecule has 136 valence electrons. The summed E-state index contributed by atoms with van der Waals surface area (Å²) < 4.78 is 0. The molecule has 2 aliphatic heterocycles. The lowest BCUT2D eigenvalue weighted by Crippen LogP contribution is -2.52. The predicted molar refractivity (Wildman–Crippen MR) is 102 cm³/mol. The molecule has 2 aromatic rings. The average molecular weight is 351 g/mol. The molecular formula is C21H25N3O2. The van der Waals surface area contributed by atoms with Gasteiger partial charge in [-0.25, -0.2) is 4.79 Å². The number of hydrogen-bond acceptors (Lipinski definition) is 3. The van der Waals surface area contributed by atoms with Crippen molar-refractivity contribution in [2.45, 2.75) is 24.9 Å². The number of anilines is 1. The van der Waals surface area contributed by atoms with Gasteiger partial charge < -0.3 is 20.2 Å². The van der Waals surface area contributed by atoms with E-state index in [1.54, 1.807) is 0 Å². The fourth-order valence-corrected chi connectivity index (χ4v) is 4.21. The summed E-state index contributed by atoms with van der Waals surface area (Å²) in [6.07, 6.45) is 1.86. The number of β-amino-alcohol motifs (C(OH)–C–C–N with tert-alkyl or cyclic N) is 1. The highest BCUT2D eigenvalue weighted by atomic mass is 16.3. The number of nitrogens with zero attached hydrogens (tertiary/aromatic N) is 2. The molecule has 0 aromatic heterocycles. The maximum Gasteiger partial charge on any atom is 0.322 e. The second-order valence-corrected chi connectivity index (χ2v) is 7.03. The fraction of sp³-hybridized carbons (Fsp3) is 0.381. The molecule has 2 aliphatic rings. The molecule has 1 unspecified atom stereocenters. The third-order valence-electron chi connectivity index (χ3n) is 5.49. The van der Waals surface area contributed by atoms with Gasteiger partial charge in [-0.3, -0.25) is 0 Å². The van der Waals surface area contributed by atoms with Gasteiger partial charge in [0.15, 0.2) is 0 Å². The van der Waals surface area contributed by atoms with E-state index in [0.717, 1.165) is 42.7 Å². The summed E-state index contributed by atoms with van der Waals surface area (Å²) in [6.45, 7) is 2.73. The maximum absolute atomic E-state index is 13.0. The number of amides is 2. The summed E-state index contributed by atoms with van der Waals surface area (Å²) in [4.78, 5) is 17.3. The van der Waals surface area contributed by atoms with E-state index in [1.807, 2.05) is 41.3 Å². The first-order chi connectivity index (χ1) is 12.8. The van der Waals surface area contributed by atoms with E-state index in [4.69, 9.17) is 5.11 Å². The van der Waals surface area contributed by atoms with Crippen LogP contribution in [0.1, 0.15) is 30.0 Å². The molecule has 0 aliphatic carbocycles. The molecule has 5 nitrogen and oxygen atoms in total. The first-order valence-electron chi connectivity index (χ1n) is 9.34. The molecule has 2 heterocycles. The Kier molecular flexibility index (Phi) is 4.91. The Balaban J connectivity index is 1.67. The van der Waals surface area contributed by atoms with Crippen molar-refractivity contribution >= 4 is 11.7 Å². The number of carbonyl (C=O) groups is 1. The molecule has 1 fully saturated rings. The van der Waals surface area contributed by atoms with Gasteiger partial charge in [-0.2, -0.15) is 0 Å². The van der Waals surface area contributed by atoms with Crippen molar-refractivity contribution in [2.75, 3.05) is 31.6 Å². The number of piperidine rings is 1. The van der Waals surface area contributed by atoms with Crippen LogP contribution in [0, 0.1) is 0 Å². The fourth-order valence-electron chi connectivity index (χ4n) is 4.21. The minimum Gasteiger partial charge on any atom is -0.395 e. The number of aliphatic hydroxyl groups is 1. The third-order valence-corrected chi connectivity index (χ3v) is 5.49. The molecule has 0 spiro atoms. The van der Waals surface area contributed by atoms with E-state index in [2.05, 4.69) is 28.4 Å². The lowest BCUT2D eigenvalue weighted by atomic mass is 9.90. The molecule has 2 N–H and O–H groups in total. The van der Waals surface area contributed by atoms with Crippen LogP contribution in [0.4, 0.5) is 10.5 Å². The first-order valence-corrected chi connectivity index (χ1v) is 9.34. The zero-order valence-electron chi connectivity index (χ0n) is 14.8. The first kappa shape index (κ1) is 17.1. The SMILES string of the molecule is O=C1Nc2ccccc2C(c2ccccc2)N1C1CCN(CCO)CC1. The van der Waals surface area contributed by atoms with E-state index in [9.17, 15) is 4.79 Å². The van der Waals surface area contributed by atoms with Crippen LogP contribution in [0.15, 0.2) is 54.6 Å². The molecule has 0 saturated carbocycles. The number of carbonyl (C=O) groups excluding carboxylic acids is 1. The maximum atomic E-state index is 13.0. The highest BCUT2D eigenvalue weighted by Gasteiger charge is 2.38. The quantitative estimate of drug-likeness (QED) is 0.890. The molecule has 0 radical (unpaired) electrons. The number of hydrogen-bond donors (Lipinski definition) is 2.